The first kappa shape index (κ1) is 16.0. The molecule has 1 saturated heterocycles. The molecule has 0 aliphatic carbocycles. The topological polar surface area (TPSA) is 50.8 Å². The summed E-state index contributed by atoms with van der Waals surface area (Å²) in [7, 11) is 3.25. The van der Waals surface area contributed by atoms with Crippen LogP contribution in [0.5, 0.6) is 11.5 Å². The molecule has 0 saturated carbocycles. The summed E-state index contributed by atoms with van der Waals surface area (Å²) in [6.45, 7) is 2.04. The van der Waals surface area contributed by atoms with Crippen LogP contribution < -0.4 is 19.7 Å². The first-order valence-electron chi connectivity index (χ1n) is 8.53. The van der Waals surface area contributed by atoms with Crippen LogP contribution in [-0.4, -0.2) is 33.2 Å². The third-order valence-corrected chi connectivity index (χ3v) is 5.33. The SMILES string of the molecule is COc1cccc(CN2C(=O)C3(CCNC3)c3ccccc32)c1OC. The van der Waals surface area contributed by atoms with Crippen LogP contribution in [0.1, 0.15) is 17.5 Å². The average Bonchev–Trinajstić information content (AvgIpc) is 3.23. The molecule has 25 heavy (non-hydrogen) atoms. The number of benzene rings is 2. The Morgan fingerprint density at radius 3 is 2.68 bits per heavy atom. The second kappa shape index (κ2) is 6.08. The minimum absolute atomic E-state index is 0.170. The maximum Gasteiger partial charge on any atom is 0.239 e. The molecular weight excluding hydrogens is 316 g/mol. The van der Waals surface area contributed by atoms with E-state index in [9.17, 15) is 4.79 Å². The lowest BCUT2D eigenvalue weighted by molar-refractivity contribution is -0.122. The molecule has 1 amide bonds. The quantitative estimate of drug-likeness (QED) is 0.930. The van der Waals surface area contributed by atoms with Crippen LogP contribution in [0.2, 0.25) is 0 Å². The Labute approximate surface area is 147 Å². The predicted molar refractivity (Wildman–Crippen MR) is 96.3 cm³/mol. The maximum atomic E-state index is 13.4. The monoisotopic (exact) mass is 338 g/mol. The van der Waals surface area contributed by atoms with Gasteiger partial charge in [0.05, 0.1) is 26.2 Å². The minimum Gasteiger partial charge on any atom is -0.493 e. The number of methoxy groups -OCH3 is 2. The van der Waals surface area contributed by atoms with Crippen LogP contribution in [0.15, 0.2) is 42.5 Å². The molecule has 2 aromatic carbocycles. The fourth-order valence-corrected chi connectivity index (χ4v) is 4.11. The summed E-state index contributed by atoms with van der Waals surface area (Å²) < 4.78 is 10.9. The van der Waals surface area contributed by atoms with E-state index in [2.05, 4.69) is 11.4 Å². The van der Waals surface area contributed by atoms with Gasteiger partial charge in [-0.25, -0.2) is 0 Å². The van der Waals surface area contributed by atoms with Crippen molar-refractivity contribution in [1.29, 1.82) is 0 Å². The van der Waals surface area contributed by atoms with Gasteiger partial charge < -0.3 is 19.7 Å². The largest absolute Gasteiger partial charge is 0.493 e. The number of nitrogens with one attached hydrogen (secondary N) is 1. The lowest BCUT2D eigenvalue weighted by Gasteiger charge is -2.24. The van der Waals surface area contributed by atoms with Crippen LogP contribution in [0.25, 0.3) is 0 Å². The number of para-hydroxylation sites is 2. The van der Waals surface area contributed by atoms with E-state index in [1.165, 1.54) is 0 Å². The predicted octanol–water partition coefficient (Wildman–Crippen LogP) is 2.48. The van der Waals surface area contributed by atoms with Gasteiger partial charge in [-0.05, 0) is 30.7 Å². The van der Waals surface area contributed by atoms with E-state index in [0.29, 0.717) is 24.6 Å². The molecule has 4 rings (SSSR count). The van der Waals surface area contributed by atoms with Crippen molar-refractivity contribution in [3.05, 3.63) is 53.6 Å². The number of hydrogen-bond acceptors (Lipinski definition) is 4. The molecule has 130 valence electrons. The minimum atomic E-state index is -0.428. The van der Waals surface area contributed by atoms with E-state index < -0.39 is 5.41 Å². The molecule has 1 unspecified atom stereocenters. The molecule has 0 bridgehead atoms. The van der Waals surface area contributed by atoms with Gasteiger partial charge in [0.2, 0.25) is 5.91 Å². The van der Waals surface area contributed by atoms with Crippen molar-refractivity contribution in [1.82, 2.24) is 5.32 Å². The molecular formula is C20H22N2O3. The van der Waals surface area contributed by atoms with Crippen LogP contribution in [0, 0.1) is 0 Å². The summed E-state index contributed by atoms with van der Waals surface area (Å²) in [5, 5.41) is 3.36. The fourth-order valence-electron chi connectivity index (χ4n) is 4.11. The summed E-state index contributed by atoms with van der Waals surface area (Å²) >= 11 is 0. The third kappa shape index (κ3) is 2.30. The van der Waals surface area contributed by atoms with Crippen molar-refractivity contribution < 1.29 is 14.3 Å². The molecule has 2 aliphatic rings. The summed E-state index contributed by atoms with van der Waals surface area (Å²) in [6.07, 6.45) is 0.842. The van der Waals surface area contributed by atoms with Crippen LogP contribution in [0.3, 0.4) is 0 Å². The van der Waals surface area contributed by atoms with Gasteiger partial charge in [0, 0.05) is 17.8 Å². The number of fused-ring (bicyclic) bond motifs is 2. The molecule has 1 spiro atoms. The van der Waals surface area contributed by atoms with Gasteiger partial charge >= 0.3 is 0 Å². The number of amides is 1. The summed E-state index contributed by atoms with van der Waals surface area (Å²) in [4.78, 5) is 15.2. The summed E-state index contributed by atoms with van der Waals surface area (Å²) in [5.74, 6) is 1.53. The highest BCUT2D eigenvalue weighted by Crippen LogP contribution is 2.46. The number of nitrogens with zero attached hydrogens (tertiary/aromatic N) is 1. The number of ether oxygens (including phenoxy) is 2. The van der Waals surface area contributed by atoms with Gasteiger partial charge in [-0.2, -0.15) is 0 Å². The van der Waals surface area contributed by atoms with Gasteiger partial charge in [-0.1, -0.05) is 30.3 Å². The zero-order chi connectivity index (χ0) is 17.4. The van der Waals surface area contributed by atoms with Crippen LogP contribution >= 0.6 is 0 Å². The standard InChI is InChI=1S/C20H22N2O3/c1-24-17-9-5-6-14(18(17)25-2)12-22-16-8-4-3-7-15(16)20(19(22)23)10-11-21-13-20/h3-9,21H,10-13H2,1-2H3. The number of hydrogen-bond donors (Lipinski definition) is 1. The smallest absolute Gasteiger partial charge is 0.239 e. The fraction of sp³-hybridized carbons (Fsp3) is 0.350. The van der Waals surface area contributed by atoms with Crippen molar-refractivity contribution in [2.75, 3.05) is 32.2 Å². The highest BCUT2D eigenvalue weighted by atomic mass is 16.5. The molecule has 0 aromatic heterocycles. The Morgan fingerprint density at radius 2 is 1.96 bits per heavy atom. The normalized spacial score (nSPS) is 21.7. The van der Waals surface area contributed by atoms with E-state index in [4.69, 9.17) is 9.47 Å². The number of carbonyl (C=O) groups excluding carboxylic acids is 1. The molecule has 1 atom stereocenters. The van der Waals surface area contributed by atoms with Crippen molar-refractivity contribution >= 4 is 11.6 Å². The molecule has 1 fully saturated rings. The third-order valence-electron chi connectivity index (χ3n) is 5.33. The second-order valence-corrected chi connectivity index (χ2v) is 6.57. The van der Waals surface area contributed by atoms with Crippen molar-refractivity contribution in [2.45, 2.75) is 18.4 Å². The van der Waals surface area contributed by atoms with Gasteiger partial charge in [0.25, 0.3) is 0 Å². The molecule has 2 aliphatic heterocycles. The molecule has 0 radical (unpaired) electrons. The maximum absolute atomic E-state index is 13.4. The van der Waals surface area contributed by atoms with E-state index in [1.54, 1.807) is 14.2 Å². The Balaban J connectivity index is 1.76. The Hall–Kier alpha value is -2.53. The summed E-state index contributed by atoms with van der Waals surface area (Å²) in [5.41, 5.74) is 2.64. The van der Waals surface area contributed by atoms with Crippen molar-refractivity contribution in [2.24, 2.45) is 0 Å². The summed E-state index contributed by atoms with van der Waals surface area (Å²) in [6, 6.07) is 13.9. The molecule has 2 aromatic rings. The number of rotatable bonds is 4. The first-order valence-corrected chi connectivity index (χ1v) is 8.53. The molecule has 5 nitrogen and oxygen atoms in total. The average molecular weight is 338 g/mol. The number of anilines is 1. The van der Waals surface area contributed by atoms with E-state index in [-0.39, 0.29) is 5.91 Å². The van der Waals surface area contributed by atoms with Crippen LogP contribution in [-0.2, 0) is 16.8 Å². The first-order chi connectivity index (χ1) is 12.2. The lowest BCUT2D eigenvalue weighted by Crippen LogP contribution is -2.41. The highest BCUT2D eigenvalue weighted by Gasteiger charge is 2.52. The van der Waals surface area contributed by atoms with Gasteiger partial charge in [-0.3, -0.25) is 4.79 Å². The van der Waals surface area contributed by atoms with Crippen LogP contribution in [0.4, 0.5) is 5.69 Å². The van der Waals surface area contributed by atoms with Gasteiger partial charge in [0.15, 0.2) is 11.5 Å². The zero-order valence-electron chi connectivity index (χ0n) is 14.5. The Bertz CT molecular complexity index is 812. The molecule has 2 heterocycles. The van der Waals surface area contributed by atoms with Crippen molar-refractivity contribution in [3.63, 3.8) is 0 Å². The lowest BCUT2D eigenvalue weighted by atomic mass is 9.81. The van der Waals surface area contributed by atoms with E-state index in [1.807, 2.05) is 41.3 Å². The highest BCUT2D eigenvalue weighted by molar-refractivity contribution is 6.08. The van der Waals surface area contributed by atoms with E-state index in [0.717, 1.165) is 29.8 Å². The number of carbonyl (C=O) groups is 1. The zero-order valence-corrected chi connectivity index (χ0v) is 14.5. The Morgan fingerprint density at radius 1 is 1.12 bits per heavy atom. The van der Waals surface area contributed by atoms with Crippen molar-refractivity contribution in [3.8, 4) is 11.5 Å². The van der Waals surface area contributed by atoms with Gasteiger partial charge in [-0.15, -0.1) is 0 Å². The van der Waals surface area contributed by atoms with Gasteiger partial charge in [0.1, 0.15) is 0 Å². The second-order valence-electron chi connectivity index (χ2n) is 6.57. The Kier molecular flexibility index (Phi) is 3.88. The van der Waals surface area contributed by atoms with E-state index >= 15 is 0 Å². The molecule has 5 heteroatoms. The molecule has 1 N–H and O–H groups in total.